The topological polar surface area (TPSA) is 64.2 Å². The van der Waals surface area contributed by atoms with Crippen molar-refractivity contribution in [3.63, 3.8) is 0 Å². The van der Waals surface area contributed by atoms with E-state index in [-0.39, 0.29) is 0 Å². The number of thiophene rings is 1. The number of aromatic nitrogens is 2. The molecule has 108 valence electrons. The SMILES string of the molecule is COC(=O)c1ccc(OC)c2[nH]c(Cc3cccs3)nc12. The minimum atomic E-state index is -0.406. The zero-order valence-corrected chi connectivity index (χ0v) is 12.5. The molecule has 5 nitrogen and oxygen atoms in total. The number of aromatic amines is 1. The minimum absolute atomic E-state index is 0.406. The summed E-state index contributed by atoms with van der Waals surface area (Å²) in [6.07, 6.45) is 0.691. The van der Waals surface area contributed by atoms with Gasteiger partial charge in [0.1, 0.15) is 22.6 Å². The first kappa shape index (κ1) is 13.6. The second-order valence-electron chi connectivity index (χ2n) is 4.47. The van der Waals surface area contributed by atoms with Crippen LogP contribution >= 0.6 is 11.3 Å². The molecule has 0 fully saturated rings. The van der Waals surface area contributed by atoms with E-state index in [4.69, 9.17) is 9.47 Å². The molecular weight excluding hydrogens is 288 g/mol. The lowest BCUT2D eigenvalue weighted by molar-refractivity contribution is 0.0603. The molecule has 0 radical (unpaired) electrons. The second-order valence-corrected chi connectivity index (χ2v) is 5.50. The van der Waals surface area contributed by atoms with Crippen molar-refractivity contribution in [3.8, 4) is 5.75 Å². The highest BCUT2D eigenvalue weighted by atomic mass is 32.1. The quantitative estimate of drug-likeness (QED) is 0.752. The number of methoxy groups -OCH3 is 2. The Balaban J connectivity index is 2.10. The molecule has 1 aromatic carbocycles. The number of esters is 1. The van der Waals surface area contributed by atoms with Crippen LogP contribution in [0.25, 0.3) is 11.0 Å². The van der Waals surface area contributed by atoms with Crippen LogP contribution in [-0.4, -0.2) is 30.2 Å². The molecule has 2 aromatic heterocycles. The zero-order chi connectivity index (χ0) is 14.8. The monoisotopic (exact) mass is 302 g/mol. The van der Waals surface area contributed by atoms with Gasteiger partial charge in [-0.2, -0.15) is 0 Å². The van der Waals surface area contributed by atoms with E-state index in [9.17, 15) is 4.79 Å². The van der Waals surface area contributed by atoms with Crippen molar-refractivity contribution in [3.05, 3.63) is 45.9 Å². The van der Waals surface area contributed by atoms with Gasteiger partial charge in [0.25, 0.3) is 0 Å². The van der Waals surface area contributed by atoms with Crippen molar-refractivity contribution in [1.82, 2.24) is 9.97 Å². The maximum Gasteiger partial charge on any atom is 0.340 e. The third-order valence-electron chi connectivity index (χ3n) is 3.20. The Labute approximate surface area is 125 Å². The van der Waals surface area contributed by atoms with Gasteiger partial charge in [-0.05, 0) is 23.6 Å². The van der Waals surface area contributed by atoms with Gasteiger partial charge in [0, 0.05) is 11.3 Å². The molecule has 2 heterocycles. The maximum absolute atomic E-state index is 11.8. The lowest BCUT2D eigenvalue weighted by Crippen LogP contribution is -2.02. The first-order valence-corrected chi connectivity index (χ1v) is 7.27. The number of ether oxygens (including phenoxy) is 2. The van der Waals surface area contributed by atoms with Gasteiger partial charge in [0.05, 0.1) is 19.8 Å². The molecule has 0 saturated carbocycles. The Morgan fingerprint density at radius 1 is 1.33 bits per heavy atom. The molecule has 3 aromatic rings. The standard InChI is InChI=1S/C15H14N2O3S/c1-19-11-6-5-10(15(18)20-2)13-14(11)17-12(16-13)8-9-4-3-7-21-9/h3-7H,8H2,1-2H3,(H,16,17). The Hall–Kier alpha value is -2.34. The maximum atomic E-state index is 11.8. The summed E-state index contributed by atoms with van der Waals surface area (Å²) in [5, 5.41) is 2.03. The van der Waals surface area contributed by atoms with E-state index in [1.54, 1.807) is 30.6 Å². The Morgan fingerprint density at radius 3 is 2.86 bits per heavy atom. The smallest absolute Gasteiger partial charge is 0.340 e. The van der Waals surface area contributed by atoms with Crippen LogP contribution < -0.4 is 4.74 Å². The molecule has 6 heteroatoms. The molecule has 0 aliphatic rings. The second kappa shape index (κ2) is 5.57. The van der Waals surface area contributed by atoms with Crippen LogP contribution in [0.2, 0.25) is 0 Å². The average molecular weight is 302 g/mol. The number of rotatable bonds is 4. The molecule has 0 atom stereocenters. The lowest BCUT2D eigenvalue weighted by Gasteiger charge is -2.04. The Kier molecular flexibility index (Phi) is 3.62. The number of nitrogens with zero attached hydrogens (tertiary/aromatic N) is 1. The highest BCUT2D eigenvalue weighted by Crippen LogP contribution is 2.28. The van der Waals surface area contributed by atoms with Crippen molar-refractivity contribution in [2.45, 2.75) is 6.42 Å². The first-order chi connectivity index (χ1) is 10.2. The predicted octanol–water partition coefficient (Wildman–Crippen LogP) is 3.01. The number of H-pyrrole nitrogens is 1. The molecule has 21 heavy (non-hydrogen) atoms. The number of benzene rings is 1. The fourth-order valence-electron chi connectivity index (χ4n) is 2.22. The summed E-state index contributed by atoms with van der Waals surface area (Å²) in [4.78, 5) is 20.8. The minimum Gasteiger partial charge on any atom is -0.494 e. The van der Waals surface area contributed by atoms with E-state index < -0.39 is 5.97 Å². The van der Waals surface area contributed by atoms with E-state index in [0.29, 0.717) is 28.8 Å². The van der Waals surface area contributed by atoms with Gasteiger partial charge in [-0.3, -0.25) is 0 Å². The fraction of sp³-hybridized carbons (Fsp3) is 0.200. The highest BCUT2D eigenvalue weighted by molar-refractivity contribution is 7.09. The number of imidazole rings is 1. The summed E-state index contributed by atoms with van der Waals surface area (Å²) in [7, 11) is 2.95. The van der Waals surface area contributed by atoms with Crippen LogP contribution in [0.15, 0.2) is 29.6 Å². The number of hydrogen-bond acceptors (Lipinski definition) is 5. The molecule has 0 bridgehead atoms. The molecule has 1 N–H and O–H groups in total. The molecule has 0 amide bonds. The third kappa shape index (κ3) is 2.50. The predicted molar refractivity (Wildman–Crippen MR) is 81.1 cm³/mol. The number of nitrogens with one attached hydrogen (secondary N) is 1. The van der Waals surface area contributed by atoms with Crippen LogP contribution in [0.3, 0.4) is 0 Å². The van der Waals surface area contributed by atoms with Gasteiger partial charge in [0.2, 0.25) is 0 Å². The van der Waals surface area contributed by atoms with E-state index >= 15 is 0 Å². The number of fused-ring (bicyclic) bond motifs is 1. The summed E-state index contributed by atoms with van der Waals surface area (Å²) >= 11 is 1.67. The van der Waals surface area contributed by atoms with Gasteiger partial charge in [-0.15, -0.1) is 11.3 Å². The van der Waals surface area contributed by atoms with E-state index in [2.05, 4.69) is 16.0 Å². The number of carbonyl (C=O) groups is 1. The molecule has 3 rings (SSSR count). The average Bonchev–Trinajstić information content (AvgIpc) is 3.14. The lowest BCUT2D eigenvalue weighted by atomic mass is 10.1. The molecule has 0 aliphatic carbocycles. The summed E-state index contributed by atoms with van der Waals surface area (Å²) in [5.41, 5.74) is 1.72. The van der Waals surface area contributed by atoms with Crippen LogP contribution in [0.4, 0.5) is 0 Å². The van der Waals surface area contributed by atoms with Crippen molar-refractivity contribution in [2.75, 3.05) is 14.2 Å². The number of hydrogen-bond donors (Lipinski definition) is 1. The van der Waals surface area contributed by atoms with Crippen LogP contribution in [0.5, 0.6) is 5.75 Å². The van der Waals surface area contributed by atoms with Crippen molar-refractivity contribution in [1.29, 1.82) is 0 Å². The summed E-state index contributed by atoms with van der Waals surface area (Å²) < 4.78 is 10.1. The summed E-state index contributed by atoms with van der Waals surface area (Å²) in [6, 6.07) is 7.46. The van der Waals surface area contributed by atoms with Crippen LogP contribution in [-0.2, 0) is 11.2 Å². The molecule has 0 spiro atoms. The number of carbonyl (C=O) groups excluding carboxylic acids is 1. The fourth-order valence-corrected chi connectivity index (χ4v) is 2.93. The highest BCUT2D eigenvalue weighted by Gasteiger charge is 2.17. The van der Waals surface area contributed by atoms with Crippen molar-refractivity contribution < 1.29 is 14.3 Å². The summed E-state index contributed by atoms with van der Waals surface area (Å²) in [5.74, 6) is 1.04. The zero-order valence-electron chi connectivity index (χ0n) is 11.7. The third-order valence-corrected chi connectivity index (χ3v) is 4.08. The van der Waals surface area contributed by atoms with Gasteiger partial charge in [-0.1, -0.05) is 6.07 Å². The van der Waals surface area contributed by atoms with E-state index in [1.807, 2.05) is 11.4 Å². The van der Waals surface area contributed by atoms with Gasteiger partial charge < -0.3 is 14.5 Å². The Morgan fingerprint density at radius 2 is 2.19 bits per heavy atom. The van der Waals surface area contributed by atoms with Gasteiger partial charge >= 0.3 is 5.97 Å². The molecule has 0 saturated heterocycles. The normalized spacial score (nSPS) is 10.8. The summed E-state index contributed by atoms with van der Waals surface area (Å²) in [6.45, 7) is 0. The largest absolute Gasteiger partial charge is 0.494 e. The molecular formula is C15H14N2O3S. The Bertz CT molecular complexity index is 778. The molecule has 0 aliphatic heterocycles. The van der Waals surface area contributed by atoms with E-state index in [0.717, 1.165) is 5.82 Å². The van der Waals surface area contributed by atoms with Crippen LogP contribution in [0, 0.1) is 0 Å². The van der Waals surface area contributed by atoms with Crippen molar-refractivity contribution in [2.24, 2.45) is 0 Å². The van der Waals surface area contributed by atoms with Crippen molar-refractivity contribution >= 4 is 28.3 Å². The van der Waals surface area contributed by atoms with Crippen LogP contribution in [0.1, 0.15) is 21.1 Å². The van der Waals surface area contributed by atoms with Gasteiger partial charge in [-0.25, -0.2) is 9.78 Å². The molecule has 0 unspecified atom stereocenters. The first-order valence-electron chi connectivity index (χ1n) is 6.39. The van der Waals surface area contributed by atoms with E-state index in [1.165, 1.54) is 12.0 Å². The van der Waals surface area contributed by atoms with Gasteiger partial charge in [0.15, 0.2) is 0 Å².